The van der Waals surface area contributed by atoms with Crippen LogP contribution >= 0.6 is 11.6 Å². The molecule has 0 amide bonds. The van der Waals surface area contributed by atoms with Gasteiger partial charge in [-0.05, 0) is 43.2 Å². The van der Waals surface area contributed by atoms with Gasteiger partial charge in [0.05, 0.1) is 41.5 Å². The molecule has 3 aromatic rings. The van der Waals surface area contributed by atoms with E-state index in [0.29, 0.717) is 60.0 Å². The number of halogens is 3. The molecular weight excluding hydrogens is 556 g/mol. The molecule has 1 aromatic heterocycles. The lowest BCUT2D eigenvalue weighted by Crippen LogP contribution is -2.36. The highest BCUT2D eigenvalue weighted by molar-refractivity contribution is 6.31. The predicted octanol–water partition coefficient (Wildman–Crippen LogP) is 4.10. The number of fused-ring (bicyclic) bond motifs is 2. The maximum absolute atomic E-state index is 15.1. The number of rotatable bonds is 10. The Hall–Kier alpha value is -3.22. The summed E-state index contributed by atoms with van der Waals surface area (Å²) in [6.45, 7) is 2.90. The Balaban J connectivity index is 1.23. The lowest BCUT2D eigenvalue weighted by Gasteiger charge is -2.24. The summed E-state index contributed by atoms with van der Waals surface area (Å²) in [4.78, 5) is 23.7. The normalized spacial score (nSPS) is 22.0. The SMILES string of the molecule is NC1(COc2cc3ncnc(Nc4ccc(F)c(Cl)c4)c3cc2CC(=O)/C(F)=C/CN2C[C@@H]3OCCO[C@@H]3C2)CC1. The molecule has 3 fully saturated rings. The van der Waals surface area contributed by atoms with E-state index in [1.54, 1.807) is 12.1 Å². The lowest BCUT2D eigenvalue weighted by molar-refractivity contribution is -0.116. The van der Waals surface area contributed by atoms with Gasteiger partial charge in [0.25, 0.3) is 0 Å². The number of hydrogen-bond donors (Lipinski definition) is 2. The van der Waals surface area contributed by atoms with Gasteiger partial charge < -0.3 is 25.3 Å². The average Bonchev–Trinajstić information content (AvgIpc) is 3.55. The fraction of sp³-hybridized carbons (Fsp3) is 0.414. The zero-order chi connectivity index (χ0) is 28.6. The van der Waals surface area contributed by atoms with E-state index in [9.17, 15) is 9.18 Å². The molecular formula is C29H30ClF2N5O4. The molecule has 1 aliphatic carbocycles. The van der Waals surface area contributed by atoms with Gasteiger partial charge in [0.2, 0.25) is 0 Å². The zero-order valence-electron chi connectivity index (χ0n) is 22.2. The Bertz CT molecular complexity index is 1490. The van der Waals surface area contributed by atoms with Crippen molar-refractivity contribution in [2.24, 2.45) is 5.73 Å². The van der Waals surface area contributed by atoms with Gasteiger partial charge in [-0.15, -0.1) is 0 Å². The number of allylic oxidation sites excluding steroid dienone is 1. The first-order valence-electron chi connectivity index (χ1n) is 13.5. The first kappa shape index (κ1) is 27.9. The molecule has 0 spiro atoms. The summed E-state index contributed by atoms with van der Waals surface area (Å²) in [5.74, 6) is -1.23. The lowest BCUT2D eigenvalue weighted by atomic mass is 10.0. The monoisotopic (exact) mass is 585 g/mol. The van der Waals surface area contributed by atoms with Crippen molar-refractivity contribution in [2.75, 3.05) is 44.8 Å². The molecule has 0 radical (unpaired) electrons. The van der Waals surface area contributed by atoms with Gasteiger partial charge in [0, 0.05) is 48.8 Å². The first-order chi connectivity index (χ1) is 19.8. The van der Waals surface area contributed by atoms with E-state index >= 15 is 4.39 Å². The van der Waals surface area contributed by atoms with Crippen LogP contribution in [0.1, 0.15) is 18.4 Å². The summed E-state index contributed by atoms with van der Waals surface area (Å²) >= 11 is 5.94. The molecule has 3 N–H and O–H groups in total. The fourth-order valence-corrected chi connectivity index (χ4v) is 5.19. The summed E-state index contributed by atoms with van der Waals surface area (Å²) in [7, 11) is 0. The maximum atomic E-state index is 15.1. The maximum Gasteiger partial charge on any atom is 0.195 e. The number of likely N-dealkylation sites (tertiary alicyclic amines) is 1. The van der Waals surface area contributed by atoms with Crippen molar-refractivity contribution in [1.82, 2.24) is 14.9 Å². The molecule has 1 saturated carbocycles. The number of carbonyl (C=O) groups is 1. The molecule has 9 nitrogen and oxygen atoms in total. The van der Waals surface area contributed by atoms with Gasteiger partial charge in [0.15, 0.2) is 11.6 Å². The third kappa shape index (κ3) is 6.49. The number of ketones is 1. The zero-order valence-corrected chi connectivity index (χ0v) is 23.0. The Labute approximate surface area is 240 Å². The summed E-state index contributed by atoms with van der Waals surface area (Å²) in [5, 5.41) is 3.65. The predicted molar refractivity (Wildman–Crippen MR) is 150 cm³/mol. The third-order valence-corrected chi connectivity index (χ3v) is 7.88. The molecule has 2 aliphatic heterocycles. The highest BCUT2D eigenvalue weighted by Crippen LogP contribution is 2.36. The van der Waals surface area contributed by atoms with Crippen LogP contribution in [-0.2, 0) is 20.7 Å². The molecule has 2 saturated heterocycles. The van der Waals surface area contributed by atoms with Crippen molar-refractivity contribution in [1.29, 1.82) is 0 Å². The number of nitrogens with two attached hydrogens (primary N) is 1. The summed E-state index contributed by atoms with van der Waals surface area (Å²) in [6.07, 6.45) is 4.08. The minimum atomic E-state index is -0.825. The van der Waals surface area contributed by atoms with E-state index in [2.05, 4.69) is 15.3 Å². The number of Topliss-reactive ketones (excluding diaryl/α,β-unsaturated/α-hetero) is 1. The number of aromatic nitrogens is 2. The van der Waals surface area contributed by atoms with Crippen LogP contribution in [0.3, 0.4) is 0 Å². The number of anilines is 2. The van der Waals surface area contributed by atoms with E-state index < -0.39 is 23.0 Å². The molecule has 0 unspecified atom stereocenters. The molecule has 12 heteroatoms. The number of carbonyl (C=O) groups excluding carboxylic acids is 1. The third-order valence-electron chi connectivity index (χ3n) is 7.59. The van der Waals surface area contributed by atoms with Crippen LogP contribution in [0.15, 0.2) is 48.6 Å². The van der Waals surface area contributed by atoms with Crippen LogP contribution in [0.5, 0.6) is 5.75 Å². The van der Waals surface area contributed by atoms with Gasteiger partial charge in [-0.1, -0.05) is 11.6 Å². The smallest absolute Gasteiger partial charge is 0.195 e. The topological polar surface area (TPSA) is 112 Å². The van der Waals surface area contributed by atoms with E-state index in [0.717, 1.165) is 12.8 Å². The van der Waals surface area contributed by atoms with Gasteiger partial charge >= 0.3 is 0 Å². The molecule has 2 aromatic carbocycles. The number of benzene rings is 2. The van der Waals surface area contributed by atoms with E-state index in [4.69, 9.17) is 31.5 Å². The fourth-order valence-electron chi connectivity index (χ4n) is 5.01. The minimum Gasteiger partial charge on any atom is -0.491 e. The number of nitrogens with one attached hydrogen (secondary N) is 1. The van der Waals surface area contributed by atoms with Gasteiger partial charge in [-0.3, -0.25) is 9.69 Å². The first-order valence-corrected chi connectivity index (χ1v) is 13.9. The molecule has 3 aliphatic rings. The van der Waals surface area contributed by atoms with Gasteiger partial charge in [-0.2, -0.15) is 0 Å². The number of ether oxygens (including phenoxy) is 3. The standard InChI is InChI=1S/C29H30ClF2N5O4/c30-20-11-18(1-2-21(20)31)36-28-19-9-17(25(12-23(19)34-16-35-28)41-15-29(33)4-5-29)10-24(38)22(32)3-6-37-13-26-27(14-37)40-8-7-39-26/h1-3,9,11-12,16,26-27H,4-8,10,13-15,33H2,(H,34,35,36)/b22-3-/t26-,27+. The quantitative estimate of drug-likeness (QED) is 0.340. The molecule has 3 heterocycles. The number of nitrogens with zero attached hydrogens (tertiary/aromatic N) is 3. The largest absolute Gasteiger partial charge is 0.491 e. The van der Waals surface area contributed by atoms with Gasteiger partial charge in [-0.25, -0.2) is 18.7 Å². The average molecular weight is 586 g/mol. The van der Waals surface area contributed by atoms with Crippen molar-refractivity contribution in [3.8, 4) is 5.75 Å². The van der Waals surface area contributed by atoms with Crippen LogP contribution in [-0.4, -0.2) is 77.9 Å². The van der Waals surface area contributed by atoms with E-state index in [1.807, 2.05) is 4.90 Å². The Morgan fingerprint density at radius 2 is 1.95 bits per heavy atom. The summed E-state index contributed by atoms with van der Waals surface area (Å²) < 4.78 is 46.2. The molecule has 0 bridgehead atoms. The Morgan fingerprint density at radius 1 is 1.20 bits per heavy atom. The minimum absolute atomic E-state index is 0.0264. The van der Waals surface area contributed by atoms with Crippen molar-refractivity contribution in [3.05, 3.63) is 65.0 Å². The Morgan fingerprint density at radius 3 is 2.66 bits per heavy atom. The Kier molecular flexibility index (Phi) is 7.88. The van der Waals surface area contributed by atoms with Crippen molar-refractivity contribution < 1.29 is 27.8 Å². The second-order valence-electron chi connectivity index (χ2n) is 10.8. The highest BCUT2D eigenvalue weighted by atomic mass is 35.5. The van der Waals surface area contributed by atoms with E-state index in [1.165, 1.54) is 30.6 Å². The second-order valence-corrected chi connectivity index (χ2v) is 11.2. The summed E-state index contributed by atoms with van der Waals surface area (Å²) in [5.41, 5.74) is 7.35. The van der Waals surface area contributed by atoms with E-state index in [-0.39, 0.29) is 36.8 Å². The molecule has 2 atom stereocenters. The molecule has 41 heavy (non-hydrogen) atoms. The molecule has 216 valence electrons. The second kappa shape index (κ2) is 11.6. The van der Waals surface area contributed by atoms with Crippen molar-refractivity contribution >= 4 is 39.8 Å². The summed E-state index contributed by atoms with van der Waals surface area (Å²) in [6, 6.07) is 7.62. The number of hydrogen-bond acceptors (Lipinski definition) is 9. The van der Waals surface area contributed by atoms with Crippen LogP contribution < -0.4 is 15.8 Å². The van der Waals surface area contributed by atoms with Gasteiger partial charge in [0.1, 0.15) is 30.3 Å². The van der Waals surface area contributed by atoms with Crippen molar-refractivity contribution in [3.63, 3.8) is 0 Å². The molecule has 6 rings (SSSR count). The van der Waals surface area contributed by atoms with Crippen molar-refractivity contribution in [2.45, 2.75) is 37.0 Å². The van der Waals surface area contributed by atoms with Crippen LogP contribution in [0.4, 0.5) is 20.3 Å². The van der Waals surface area contributed by atoms with Crippen LogP contribution in [0.25, 0.3) is 10.9 Å². The van der Waals surface area contributed by atoms with Crippen LogP contribution in [0.2, 0.25) is 5.02 Å². The van der Waals surface area contributed by atoms with Crippen LogP contribution in [0, 0.1) is 5.82 Å². The highest BCUT2D eigenvalue weighted by Gasteiger charge is 2.39.